The molecule has 0 unspecified atom stereocenters. The lowest BCUT2D eigenvalue weighted by atomic mass is 10.1. The minimum Gasteiger partial charge on any atom is -0.440 e. The van der Waals surface area contributed by atoms with Crippen molar-refractivity contribution >= 4 is 21.9 Å². The monoisotopic (exact) mass is 351 g/mol. The van der Waals surface area contributed by atoms with Gasteiger partial charge in [0.05, 0.1) is 5.75 Å². The minimum absolute atomic E-state index is 0.140. The van der Waals surface area contributed by atoms with Gasteiger partial charge in [-0.2, -0.15) is 0 Å². The molecule has 0 aliphatic rings. The molecule has 0 bridgehead atoms. The SMILES string of the molecule is C#CC[C@H](N)C[S@@](=O)(=NC(=O)O[C@@H](C)c1ccccc1)NC(C)=O. The van der Waals surface area contributed by atoms with Crippen LogP contribution in [0.15, 0.2) is 34.7 Å². The maximum absolute atomic E-state index is 12.7. The van der Waals surface area contributed by atoms with E-state index in [-0.39, 0.29) is 12.2 Å². The molecule has 0 saturated carbocycles. The maximum Gasteiger partial charge on any atom is 0.443 e. The number of nitrogens with two attached hydrogens (primary N) is 1. The van der Waals surface area contributed by atoms with Crippen LogP contribution in [0, 0.1) is 12.3 Å². The number of ether oxygens (including phenoxy) is 1. The molecule has 1 aromatic rings. The van der Waals surface area contributed by atoms with E-state index in [9.17, 15) is 13.8 Å². The number of nitrogens with zero attached hydrogens (tertiary/aromatic N) is 1. The molecule has 0 fully saturated rings. The van der Waals surface area contributed by atoms with Gasteiger partial charge in [0.1, 0.15) is 16.0 Å². The number of benzene rings is 1. The smallest absolute Gasteiger partial charge is 0.440 e. The molecule has 8 heteroatoms. The summed E-state index contributed by atoms with van der Waals surface area (Å²) in [7, 11) is -3.41. The second-order valence-corrected chi connectivity index (χ2v) is 7.16. The number of amides is 2. The number of carbonyl (C=O) groups excluding carboxylic acids is 2. The first-order chi connectivity index (χ1) is 11.3. The zero-order valence-electron chi connectivity index (χ0n) is 13.6. The Labute approximate surface area is 142 Å². The van der Waals surface area contributed by atoms with Gasteiger partial charge in [-0.15, -0.1) is 16.7 Å². The van der Waals surface area contributed by atoms with E-state index in [0.717, 1.165) is 5.56 Å². The number of terminal acetylenes is 1. The molecule has 0 spiro atoms. The summed E-state index contributed by atoms with van der Waals surface area (Å²) in [6.07, 6.45) is 3.66. The summed E-state index contributed by atoms with van der Waals surface area (Å²) in [5, 5.41) is 0. The van der Waals surface area contributed by atoms with E-state index in [1.165, 1.54) is 6.92 Å². The summed E-state index contributed by atoms with van der Waals surface area (Å²) in [5.74, 6) is 1.49. The van der Waals surface area contributed by atoms with Crippen molar-refractivity contribution in [2.24, 2.45) is 10.1 Å². The van der Waals surface area contributed by atoms with E-state index in [1.54, 1.807) is 31.2 Å². The minimum atomic E-state index is -3.41. The highest BCUT2D eigenvalue weighted by Gasteiger charge is 2.19. The van der Waals surface area contributed by atoms with Crippen LogP contribution in [-0.4, -0.2) is 28.0 Å². The molecule has 130 valence electrons. The van der Waals surface area contributed by atoms with E-state index in [4.69, 9.17) is 16.9 Å². The highest BCUT2D eigenvalue weighted by molar-refractivity contribution is 7.92. The fourth-order valence-electron chi connectivity index (χ4n) is 1.91. The predicted molar refractivity (Wildman–Crippen MR) is 92.0 cm³/mol. The molecule has 0 aliphatic carbocycles. The van der Waals surface area contributed by atoms with Crippen LogP contribution in [0.1, 0.15) is 31.9 Å². The topological polar surface area (TPSA) is 111 Å². The fourth-order valence-corrected chi connectivity index (χ4v) is 3.55. The summed E-state index contributed by atoms with van der Waals surface area (Å²) < 4.78 is 23.5. The van der Waals surface area contributed by atoms with Crippen LogP contribution in [0.4, 0.5) is 4.79 Å². The number of rotatable bonds is 6. The molecular formula is C16H21N3O4S. The normalized spacial score (nSPS) is 15.2. The van der Waals surface area contributed by atoms with E-state index in [2.05, 4.69) is 15.0 Å². The van der Waals surface area contributed by atoms with E-state index < -0.39 is 34.1 Å². The molecule has 0 aliphatic heterocycles. The van der Waals surface area contributed by atoms with E-state index in [1.807, 2.05) is 6.07 Å². The van der Waals surface area contributed by atoms with Gasteiger partial charge in [-0.05, 0) is 12.5 Å². The van der Waals surface area contributed by atoms with Crippen LogP contribution >= 0.6 is 0 Å². The van der Waals surface area contributed by atoms with E-state index in [0.29, 0.717) is 0 Å². The van der Waals surface area contributed by atoms with Gasteiger partial charge in [-0.25, -0.2) is 9.00 Å². The summed E-state index contributed by atoms with van der Waals surface area (Å²) in [5.41, 5.74) is 6.49. The van der Waals surface area contributed by atoms with Gasteiger partial charge in [-0.1, -0.05) is 30.3 Å². The molecule has 0 heterocycles. The molecule has 1 rings (SSSR count). The molecule has 3 N–H and O–H groups in total. The number of carbonyl (C=O) groups is 2. The molecule has 2 amide bonds. The lowest BCUT2D eigenvalue weighted by Crippen LogP contribution is -2.38. The van der Waals surface area contributed by atoms with Crippen molar-refractivity contribution in [2.45, 2.75) is 32.4 Å². The number of hydrogen-bond acceptors (Lipinski definition) is 5. The van der Waals surface area contributed by atoms with Crippen molar-refractivity contribution in [1.29, 1.82) is 0 Å². The lowest BCUT2D eigenvalue weighted by molar-refractivity contribution is -0.117. The second kappa shape index (κ2) is 9.05. The number of hydrogen-bond donors (Lipinski definition) is 2. The van der Waals surface area contributed by atoms with Crippen LogP contribution in [-0.2, 0) is 19.4 Å². The van der Waals surface area contributed by atoms with Gasteiger partial charge in [-0.3, -0.25) is 9.52 Å². The Bertz CT molecular complexity index is 733. The summed E-state index contributed by atoms with van der Waals surface area (Å²) >= 11 is 0. The molecule has 7 nitrogen and oxygen atoms in total. The zero-order valence-corrected chi connectivity index (χ0v) is 14.4. The largest absolute Gasteiger partial charge is 0.443 e. The first-order valence-electron chi connectivity index (χ1n) is 7.23. The van der Waals surface area contributed by atoms with Crippen molar-refractivity contribution in [2.75, 3.05) is 5.75 Å². The maximum atomic E-state index is 12.7. The van der Waals surface area contributed by atoms with Gasteiger partial charge in [0.15, 0.2) is 0 Å². The van der Waals surface area contributed by atoms with Crippen LogP contribution in [0.3, 0.4) is 0 Å². The van der Waals surface area contributed by atoms with Crippen LogP contribution in [0.25, 0.3) is 0 Å². The highest BCUT2D eigenvalue weighted by Crippen LogP contribution is 2.17. The van der Waals surface area contributed by atoms with Crippen molar-refractivity contribution in [3.8, 4) is 12.3 Å². The Kier molecular flexibility index (Phi) is 7.42. The first-order valence-corrected chi connectivity index (χ1v) is 8.92. The van der Waals surface area contributed by atoms with Crippen LogP contribution in [0.2, 0.25) is 0 Å². The Morgan fingerprint density at radius 2 is 2.04 bits per heavy atom. The Morgan fingerprint density at radius 3 is 2.58 bits per heavy atom. The fraction of sp³-hybridized carbons (Fsp3) is 0.375. The molecular weight excluding hydrogens is 330 g/mol. The third kappa shape index (κ3) is 6.81. The molecule has 24 heavy (non-hydrogen) atoms. The zero-order chi connectivity index (χ0) is 18.2. The molecule has 1 aromatic carbocycles. The standard InChI is InChI=1S/C16H21N3O4S/c1-4-8-15(17)11-24(22,18-13(3)20)19-16(21)23-12(2)14-9-6-5-7-10-14/h1,5-7,9-10,12,15H,8,11,17H2,2-3H3,(H,18,19,20,21,22)/t12-,15-,24-/m0/s1. The Hall–Kier alpha value is -2.37. The van der Waals surface area contributed by atoms with Crippen molar-refractivity contribution in [3.63, 3.8) is 0 Å². The molecule has 0 radical (unpaired) electrons. The van der Waals surface area contributed by atoms with Crippen molar-refractivity contribution in [3.05, 3.63) is 35.9 Å². The highest BCUT2D eigenvalue weighted by atomic mass is 32.2. The Morgan fingerprint density at radius 1 is 1.42 bits per heavy atom. The molecule has 3 atom stereocenters. The Balaban J connectivity index is 2.92. The second-order valence-electron chi connectivity index (χ2n) is 5.16. The number of nitrogens with one attached hydrogen (secondary N) is 1. The van der Waals surface area contributed by atoms with Gasteiger partial charge in [0.2, 0.25) is 5.91 Å². The summed E-state index contributed by atoms with van der Waals surface area (Å²) in [6.45, 7) is 2.83. The third-order valence-corrected chi connectivity index (χ3v) is 4.82. The molecule has 0 aromatic heterocycles. The summed E-state index contributed by atoms with van der Waals surface area (Å²) in [4.78, 5) is 23.2. The average molecular weight is 351 g/mol. The van der Waals surface area contributed by atoms with Gasteiger partial charge < -0.3 is 10.5 Å². The third-order valence-electron chi connectivity index (χ3n) is 2.89. The van der Waals surface area contributed by atoms with Gasteiger partial charge in [0, 0.05) is 19.4 Å². The summed E-state index contributed by atoms with van der Waals surface area (Å²) in [6, 6.07) is 8.33. The lowest BCUT2D eigenvalue weighted by Gasteiger charge is -2.15. The quantitative estimate of drug-likeness (QED) is 0.759. The van der Waals surface area contributed by atoms with E-state index >= 15 is 0 Å². The van der Waals surface area contributed by atoms with Crippen molar-refractivity contribution < 1.29 is 18.5 Å². The average Bonchev–Trinajstić information content (AvgIpc) is 2.46. The van der Waals surface area contributed by atoms with Gasteiger partial charge >= 0.3 is 6.09 Å². The first kappa shape index (κ1) is 19.7. The van der Waals surface area contributed by atoms with Crippen molar-refractivity contribution in [1.82, 2.24) is 4.72 Å². The van der Waals surface area contributed by atoms with Crippen LogP contribution in [0.5, 0.6) is 0 Å². The molecule has 0 saturated heterocycles. The van der Waals surface area contributed by atoms with Gasteiger partial charge in [0.25, 0.3) is 0 Å². The van der Waals surface area contributed by atoms with Crippen LogP contribution < -0.4 is 10.5 Å². The predicted octanol–water partition coefficient (Wildman–Crippen LogP) is 1.75.